The average molecular weight is 441 g/mol. The Balaban J connectivity index is 2.27. The van der Waals surface area contributed by atoms with Gasteiger partial charge in [-0.25, -0.2) is 17.6 Å². The van der Waals surface area contributed by atoms with Crippen LogP contribution < -0.4 is 5.69 Å². The molecule has 0 atom stereocenters. The van der Waals surface area contributed by atoms with Crippen LogP contribution in [0.1, 0.15) is 25.0 Å². The molecule has 1 aromatic carbocycles. The van der Waals surface area contributed by atoms with Crippen LogP contribution in [0.15, 0.2) is 52.8 Å². The quantitative estimate of drug-likeness (QED) is 0.548. The van der Waals surface area contributed by atoms with Crippen LogP contribution in [-0.4, -0.2) is 35.0 Å². The molecule has 0 aliphatic rings. The SMILES string of the molecule is C=C(OCC)c1ccc(-n2nc3ccc(C(F)(F)F)cn3c2=O)c(S(=O)(=O)CC)c1. The fourth-order valence-corrected chi connectivity index (χ4v) is 3.91. The summed E-state index contributed by atoms with van der Waals surface area (Å²) >= 11 is 0. The summed E-state index contributed by atoms with van der Waals surface area (Å²) in [5.74, 6) is -0.0148. The van der Waals surface area contributed by atoms with Gasteiger partial charge in [0.1, 0.15) is 5.76 Å². The van der Waals surface area contributed by atoms with E-state index in [0.717, 1.165) is 21.2 Å². The van der Waals surface area contributed by atoms with Crippen LogP contribution in [0.5, 0.6) is 0 Å². The molecule has 30 heavy (non-hydrogen) atoms. The third-order valence-electron chi connectivity index (χ3n) is 4.39. The van der Waals surface area contributed by atoms with Gasteiger partial charge in [-0.15, -0.1) is 5.10 Å². The molecule has 7 nitrogen and oxygen atoms in total. The van der Waals surface area contributed by atoms with Crippen LogP contribution in [0, 0.1) is 0 Å². The van der Waals surface area contributed by atoms with E-state index < -0.39 is 27.3 Å². The monoisotopic (exact) mass is 441 g/mol. The third-order valence-corrected chi connectivity index (χ3v) is 6.14. The number of ether oxygens (including phenoxy) is 1. The molecule has 0 unspecified atom stereocenters. The molecule has 0 amide bonds. The van der Waals surface area contributed by atoms with Crippen molar-refractivity contribution in [2.45, 2.75) is 24.9 Å². The molecule has 0 saturated heterocycles. The summed E-state index contributed by atoms with van der Waals surface area (Å²) in [6, 6.07) is 5.99. The maximum atomic E-state index is 13.0. The van der Waals surface area contributed by atoms with Gasteiger partial charge in [0.15, 0.2) is 15.5 Å². The van der Waals surface area contributed by atoms with E-state index in [1.807, 2.05) is 0 Å². The van der Waals surface area contributed by atoms with Gasteiger partial charge in [-0.2, -0.15) is 17.9 Å². The smallest absolute Gasteiger partial charge is 0.417 e. The molecule has 0 spiro atoms. The molecule has 0 aliphatic carbocycles. The Bertz CT molecular complexity index is 1290. The van der Waals surface area contributed by atoms with Crippen molar-refractivity contribution < 1.29 is 26.3 Å². The Morgan fingerprint density at radius 1 is 1.20 bits per heavy atom. The first-order valence-electron chi connectivity index (χ1n) is 8.87. The third kappa shape index (κ3) is 3.84. The molecule has 2 aromatic heterocycles. The minimum absolute atomic E-state index is 0.0596. The summed E-state index contributed by atoms with van der Waals surface area (Å²) in [4.78, 5) is 12.6. The van der Waals surface area contributed by atoms with Crippen molar-refractivity contribution in [1.29, 1.82) is 0 Å². The number of hydrogen-bond acceptors (Lipinski definition) is 5. The lowest BCUT2D eigenvalue weighted by atomic mass is 10.2. The van der Waals surface area contributed by atoms with Gasteiger partial charge in [-0.3, -0.25) is 0 Å². The summed E-state index contributed by atoms with van der Waals surface area (Å²) < 4.78 is 71.1. The second kappa shape index (κ2) is 7.63. The second-order valence-corrected chi connectivity index (χ2v) is 8.53. The highest BCUT2D eigenvalue weighted by atomic mass is 32.2. The van der Waals surface area contributed by atoms with Crippen molar-refractivity contribution in [2.24, 2.45) is 0 Å². The highest BCUT2D eigenvalue weighted by molar-refractivity contribution is 7.91. The summed E-state index contributed by atoms with van der Waals surface area (Å²) in [7, 11) is -3.82. The zero-order chi connectivity index (χ0) is 22.3. The minimum atomic E-state index is -4.65. The Kier molecular flexibility index (Phi) is 5.50. The van der Waals surface area contributed by atoms with Crippen LogP contribution in [0.3, 0.4) is 0 Å². The molecule has 0 radical (unpaired) electrons. The van der Waals surface area contributed by atoms with Crippen molar-refractivity contribution in [2.75, 3.05) is 12.4 Å². The van der Waals surface area contributed by atoms with Gasteiger partial charge in [-0.05, 0) is 37.3 Å². The molecule has 3 rings (SSSR count). The summed E-state index contributed by atoms with van der Waals surface area (Å²) in [5, 5.41) is 4.01. The van der Waals surface area contributed by atoms with E-state index in [1.165, 1.54) is 25.1 Å². The zero-order valence-corrected chi connectivity index (χ0v) is 16.9. The maximum absolute atomic E-state index is 13.0. The van der Waals surface area contributed by atoms with Crippen molar-refractivity contribution >= 4 is 21.2 Å². The first-order chi connectivity index (χ1) is 14.0. The first kappa shape index (κ1) is 21.6. The Morgan fingerprint density at radius 2 is 1.90 bits per heavy atom. The van der Waals surface area contributed by atoms with Gasteiger partial charge >= 0.3 is 11.9 Å². The predicted octanol–water partition coefficient (Wildman–Crippen LogP) is 3.30. The lowest BCUT2D eigenvalue weighted by molar-refractivity contribution is -0.137. The number of hydrogen-bond donors (Lipinski definition) is 0. The van der Waals surface area contributed by atoms with Crippen LogP contribution in [0.2, 0.25) is 0 Å². The Morgan fingerprint density at radius 3 is 2.50 bits per heavy atom. The topological polar surface area (TPSA) is 82.7 Å². The van der Waals surface area contributed by atoms with Crippen molar-refractivity contribution in [3.05, 3.63) is 64.7 Å². The molecule has 0 N–H and O–H groups in total. The zero-order valence-electron chi connectivity index (χ0n) is 16.1. The lowest BCUT2D eigenvalue weighted by Crippen LogP contribution is -2.22. The number of fused-ring (bicyclic) bond motifs is 1. The number of aromatic nitrogens is 3. The Labute approximate surface area is 169 Å². The van der Waals surface area contributed by atoms with E-state index in [9.17, 15) is 26.4 Å². The van der Waals surface area contributed by atoms with Gasteiger partial charge in [0.2, 0.25) is 0 Å². The van der Waals surface area contributed by atoms with Crippen LogP contribution in [0.25, 0.3) is 17.1 Å². The number of nitrogens with zero attached hydrogens (tertiary/aromatic N) is 3. The van der Waals surface area contributed by atoms with Crippen LogP contribution in [-0.2, 0) is 20.8 Å². The number of benzene rings is 1. The van der Waals surface area contributed by atoms with E-state index in [4.69, 9.17) is 4.74 Å². The fraction of sp³-hybridized carbons (Fsp3) is 0.263. The second-order valence-electron chi connectivity index (χ2n) is 6.28. The molecule has 3 aromatic rings. The molecular weight excluding hydrogens is 423 g/mol. The largest absolute Gasteiger partial charge is 0.494 e. The highest BCUT2D eigenvalue weighted by Crippen LogP contribution is 2.29. The van der Waals surface area contributed by atoms with E-state index in [2.05, 4.69) is 11.7 Å². The molecule has 11 heteroatoms. The van der Waals surface area contributed by atoms with Crippen molar-refractivity contribution in [1.82, 2.24) is 14.2 Å². The van der Waals surface area contributed by atoms with Gasteiger partial charge in [0.25, 0.3) is 0 Å². The Hall–Kier alpha value is -3.08. The molecule has 0 aliphatic heterocycles. The lowest BCUT2D eigenvalue weighted by Gasteiger charge is -2.12. The van der Waals surface area contributed by atoms with Crippen LogP contribution in [0.4, 0.5) is 13.2 Å². The maximum Gasteiger partial charge on any atom is 0.417 e. The molecular formula is C19H18F3N3O4S. The van der Waals surface area contributed by atoms with Crippen molar-refractivity contribution in [3.8, 4) is 5.69 Å². The number of pyridine rings is 1. The van der Waals surface area contributed by atoms with E-state index in [-0.39, 0.29) is 27.7 Å². The van der Waals surface area contributed by atoms with E-state index >= 15 is 0 Å². The molecule has 160 valence electrons. The first-order valence-corrected chi connectivity index (χ1v) is 10.5. The van der Waals surface area contributed by atoms with Gasteiger partial charge in [0, 0.05) is 11.8 Å². The van der Waals surface area contributed by atoms with Crippen LogP contribution >= 0.6 is 0 Å². The summed E-state index contributed by atoms with van der Waals surface area (Å²) in [6.07, 6.45) is -4.02. The van der Waals surface area contributed by atoms with Gasteiger partial charge in [-0.1, -0.05) is 13.5 Å². The van der Waals surface area contributed by atoms with Gasteiger partial charge in [0.05, 0.1) is 28.5 Å². The molecule has 0 bridgehead atoms. The number of sulfone groups is 1. The molecule has 0 saturated carbocycles. The number of alkyl halides is 3. The summed E-state index contributed by atoms with van der Waals surface area (Å²) in [6.45, 7) is 7.24. The fourth-order valence-electron chi connectivity index (χ4n) is 2.82. The predicted molar refractivity (Wildman–Crippen MR) is 104 cm³/mol. The number of rotatable bonds is 6. The summed E-state index contributed by atoms with van der Waals surface area (Å²) in [5.41, 5.74) is -1.70. The normalized spacial score (nSPS) is 12.3. The van der Waals surface area contributed by atoms with E-state index in [0.29, 0.717) is 18.4 Å². The average Bonchev–Trinajstić information content (AvgIpc) is 3.03. The minimum Gasteiger partial charge on any atom is -0.494 e. The van der Waals surface area contributed by atoms with Gasteiger partial charge < -0.3 is 4.74 Å². The van der Waals surface area contributed by atoms with E-state index in [1.54, 1.807) is 6.92 Å². The highest BCUT2D eigenvalue weighted by Gasteiger charge is 2.31. The molecule has 2 heterocycles. The molecule has 0 fully saturated rings. The standard InChI is InChI=1S/C19H18F3N3O4S/c1-4-29-12(3)13-6-8-15(16(10-13)30(27,28)5-2)25-18(26)24-11-14(19(20,21)22)7-9-17(24)23-25/h6-11H,3-5H2,1-2H3. The number of halogens is 3. The van der Waals surface area contributed by atoms with Crippen molar-refractivity contribution in [3.63, 3.8) is 0 Å².